The molecule has 0 rings (SSSR count). The minimum Gasteiger partial charge on any atom is -0.465 e. The number of rotatable bonds is 6. The maximum absolute atomic E-state index is 10.9. The Morgan fingerprint density at radius 2 is 1.79 bits per heavy atom. The summed E-state index contributed by atoms with van der Waals surface area (Å²) in [5.41, 5.74) is 5.01. The molecule has 0 aromatic rings. The van der Waals surface area contributed by atoms with Gasteiger partial charge in [-0.3, -0.25) is 9.59 Å². The van der Waals surface area contributed by atoms with Crippen molar-refractivity contribution in [1.29, 1.82) is 0 Å². The van der Waals surface area contributed by atoms with Crippen LogP contribution in [0.2, 0.25) is 0 Å². The highest BCUT2D eigenvalue weighted by molar-refractivity contribution is 5.71. The number of hydrogen-bond acceptors (Lipinski definition) is 5. The predicted octanol–water partition coefficient (Wildman–Crippen LogP) is 0.0776. The zero-order valence-electron chi connectivity index (χ0n) is 8.62. The lowest BCUT2D eigenvalue weighted by atomic mass is 10.2. The van der Waals surface area contributed by atoms with Gasteiger partial charge in [0.1, 0.15) is 0 Å². The number of ether oxygens (including phenoxy) is 2. The van der Waals surface area contributed by atoms with Gasteiger partial charge >= 0.3 is 11.9 Å². The van der Waals surface area contributed by atoms with E-state index in [1.165, 1.54) is 0 Å². The van der Waals surface area contributed by atoms with Gasteiger partial charge in [-0.1, -0.05) is 13.8 Å². The highest BCUT2D eigenvalue weighted by Gasteiger charge is 2.07. The lowest BCUT2D eigenvalue weighted by Gasteiger charge is -2.06. The van der Waals surface area contributed by atoms with Crippen LogP contribution in [0.1, 0.15) is 20.3 Å². The largest absolute Gasteiger partial charge is 0.465 e. The van der Waals surface area contributed by atoms with Gasteiger partial charge in [0, 0.05) is 6.42 Å². The molecule has 0 atom stereocenters. The Morgan fingerprint density at radius 1 is 1.21 bits per heavy atom. The third kappa shape index (κ3) is 6.42. The molecule has 0 saturated carbocycles. The van der Waals surface area contributed by atoms with Gasteiger partial charge in [-0.15, -0.1) is 0 Å². The lowest BCUT2D eigenvalue weighted by molar-refractivity contribution is -0.148. The van der Waals surface area contributed by atoms with Crippen molar-refractivity contribution in [3.05, 3.63) is 0 Å². The summed E-state index contributed by atoms with van der Waals surface area (Å²) < 4.78 is 9.54. The Balaban J connectivity index is 3.30. The second kappa shape index (κ2) is 7.32. The van der Waals surface area contributed by atoms with E-state index in [2.05, 4.69) is 4.74 Å². The van der Waals surface area contributed by atoms with Crippen molar-refractivity contribution in [2.24, 2.45) is 11.7 Å². The van der Waals surface area contributed by atoms with E-state index in [9.17, 15) is 9.59 Å². The molecule has 82 valence electrons. The Hall–Kier alpha value is -1.10. The third-order valence-electron chi connectivity index (χ3n) is 1.43. The van der Waals surface area contributed by atoms with Gasteiger partial charge in [0.2, 0.25) is 0 Å². The maximum atomic E-state index is 10.9. The van der Waals surface area contributed by atoms with Crippen LogP contribution < -0.4 is 5.73 Å². The molecule has 0 aliphatic rings. The average molecular weight is 203 g/mol. The van der Waals surface area contributed by atoms with Gasteiger partial charge in [0.25, 0.3) is 0 Å². The smallest absolute Gasteiger partial charge is 0.319 e. The quantitative estimate of drug-likeness (QED) is 0.488. The number of nitrogens with two attached hydrogens (primary N) is 1. The monoisotopic (exact) mass is 203 g/mol. The fraction of sp³-hybridized carbons (Fsp3) is 0.778. The number of esters is 2. The van der Waals surface area contributed by atoms with Crippen LogP contribution in [0.25, 0.3) is 0 Å². The molecule has 0 aliphatic heterocycles. The summed E-state index contributed by atoms with van der Waals surface area (Å²) >= 11 is 0. The standard InChI is InChI=1S/C9H17NO4/c1-7(2)9(12)14-5-3-4-13-8(11)6-10/h7H,3-6,10H2,1-2H3. The lowest BCUT2D eigenvalue weighted by Crippen LogP contribution is -2.18. The summed E-state index contributed by atoms with van der Waals surface area (Å²) in [4.78, 5) is 21.5. The van der Waals surface area contributed by atoms with Crippen molar-refractivity contribution >= 4 is 11.9 Å². The fourth-order valence-electron chi connectivity index (χ4n) is 0.643. The van der Waals surface area contributed by atoms with Crippen LogP contribution in [-0.2, 0) is 19.1 Å². The van der Waals surface area contributed by atoms with Crippen molar-refractivity contribution in [1.82, 2.24) is 0 Å². The summed E-state index contributed by atoms with van der Waals surface area (Å²) in [7, 11) is 0. The Bertz CT molecular complexity index is 191. The summed E-state index contributed by atoms with van der Waals surface area (Å²) in [5.74, 6) is -0.808. The summed E-state index contributed by atoms with van der Waals surface area (Å²) in [5, 5.41) is 0. The van der Waals surface area contributed by atoms with Gasteiger partial charge in [-0.05, 0) is 0 Å². The fourth-order valence-corrected chi connectivity index (χ4v) is 0.643. The topological polar surface area (TPSA) is 78.6 Å². The predicted molar refractivity (Wildman–Crippen MR) is 50.4 cm³/mol. The van der Waals surface area contributed by atoms with E-state index in [0.29, 0.717) is 6.42 Å². The van der Waals surface area contributed by atoms with Crippen LogP contribution in [-0.4, -0.2) is 31.7 Å². The third-order valence-corrected chi connectivity index (χ3v) is 1.43. The molecule has 0 aromatic carbocycles. The number of carbonyl (C=O) groups excluding carboxylic acids is 2. The molecule has 0 radical (unpaired) electrons. The minimum atomic E-state index is -0.444. The number of hydrogen-bond donors (Lipinski definition) is 1. The Labute approximate surface area is 83.5 Å². The molecule has 0 aromatic heterocycles. The maximum Gasteiger partial charge on any atom is 0.319 e. The van der Waals surface area contributed by atoms with Gasteiger partial charge in [0.05, 0.1) is 25.7 Å². The summed E-state index contributed by atoms with van der Waals surface area (Å²) in [6.07, 6.45) is 0.504. The molecule has 0 heterocycles. The van der Waals surface area contributed by atoms with Crippen molar-refractivity contribution in [3.8, 4) is 0 Å². The average Bonchev–Trinajstić information content (AvgIpc) is 2.16. The Kier molecular flexibility index (Phi) is 6.74. The molecular formula is C9H17NO4. The van der Waals surface area contributed by atoms with Crippen molar-refractivity contribution in [2.45, 2.75) is 20.3 Å². The van der Waals surface area contributed by atoms with Gasteiger partial charge in [-0.25, -0.2) is 0 Å². The molecule has 5 nitrogen and oxygen atoms in total. The van der Waals surface area contributed by atoms with E-state index in [-0.39, 0.29) is 31.6 Å². The first kappa shape index (κ1) is 12.9. The number of carbonyl (C=O) groups is 2. The summed E-state index contributed by atoms with van der Waals surface area (Å²) in [6.45, 7) is 3.91. The SMILES string of the molecule is CC(C)C(=O)OCCCOC(=O)CN. The molecule has 0 spiro atoms. The minimum absolute atomic E-state index is 0.119. The van der Waals surface area contributed by atoms with E-state index in [1.807, 2.05) is 0 Å². The van der Waals surface area contributed by atoms with Crippen molar-refractivity contribution in [3.63, 3.8) is 0 Å². The van der Waals surface area contributed by atoms with Gasteiger partial charge < -0.3 is 15.2 Å². The van der Waals surface area contributed by atoms with E-state index < -0.39 is 5.97 Å². The second-order valence-electron chi connectivity index (χ2n) is 3.10. The normalized spacial score (nSPS) is 10.0. The first-order valence-electron chi connectivity index (χ1n) is 4.60. The first-order valence-corrected chi connectivity index (χ1v) is 4.60. The molecule has 0 unspecified atom stereocenters. The van der Waals surface area contributed by atoms with Crippen molar-refractivity contribution in [2.75, 3.05) is 19.8 Å². The zero-order chi connectivity index (χ0) is 11.0. The molecule has 2 N–H and O–H groups in total. The van der Waals surface area contributed by atoms with Crippen LogP contribution in [0.15, 0.2) is 0 Å². The van der Waals surface area contributed by atoms with E-state index in [1.54, 1.807) is 13.8 Å². The van der Waals surface area contributed by atoms with E-state index >= 15 is 0 Å². The molecular weight excluding hydrogens is 186 g/mol. The zero-order valence-corrected chi connectivity index (χ0v) is 8.62. The van der Waals surface area contributed by atoms with Crippen LogP contribution >= 0.6 is 0 Å². The highest BCUT2D eigenvalue weighted by Crippen LogP contribution is 1.96. The van der Waals surface area contributed by atoms with Crippen LogP contribution in [0.5, 0.6) is 0 Å². The van der Waals surface area contributed by atoms with E-state index in [4.69, 9.17) is 10.5 Å². The van der Waals surface area contributed by atoms with Crippen LogP contribution in [0.3, 0.4) is 0 Å². The molecule has 0 fully saturated rings. The van der Waals surface area contributed by atoms with Crippen molar-refractivity contribution < 1.29 is 19.1 Å². The molecule has 0 aliphatic carbocycles. The molecule has 14 heavy (non-hydrogen) atoms. The highest BCUT2D eigenvalue weighted by atomic mass is 16.5. The summed E-state index contributed by atoms with van der Waals surface area (Å²) in [6, 6.07) is 0. The molecule has 0 bridgehead atoms. The van der Waals surface area contributed by atoms with Crippen LogP contribution in [0.4, 0.5) is 0 Å². The van der Waals surface area contributed by atoms with E-state index in [0.717, 1.165) is 0 Å². The molecule has 5 heteroatoms. The first-order chi connectivity index (χ1) is 6.57. The molecule has 0 amide bonds. The van der Waals surface area contributed by atoms with Crippen LogP contribution in [0, 0.1) is 5.92 Å². The van der Waals surface area contributed by atoms with Gasteiger partial charge in [-0.2, -0.15) is 0 Å². The molecule has 0 saturated heterocycles. The Morgan fingerprint density at radius 3 is 2.29 bits per heavy atom. The second-order valence-corrected chi connectivity index (χ2v) is 3.10. The van der Waals surface area contributed by atoms with Gasteiger partial charge in [0.15, 0.2) is 0 Å².